The zero-order chi connectivity index (χ0) is 20.3. The molecule has 1 heterocycles. The lowest BCUT2D eigenvalue weighted by Gasteiger charge is -2.26. The van der Waals surface area contributed by atoms with Crippen molar-refractivity contribution in [3.05, 3.63) is 63.6 Å². The molecule has 0 aromatic heterocycles. The quantitative estimate of drug-likeness (QED) is 0.470. The van der Waals surface area contributed by atoms with E-state index in [-0.39, 0.29) is 27.9 Å². The van der Waals surface area contributed by atoms with Crippen molar-refractivity contribution in [2.45, 2.75) is 0 Å². The van der Waals surface area contributed by atoms with Gasteiger partial charge in [0, 0.05) is 0 Å². The van der Waals surface area contributed by atoms with E-state index in [0.29, 0.717) is 11.3 Å². The van der Waals surface area contributed by atoms with Gasteiger partial charge in [0.1, 0.15) is 17.9 Å². The number of halogens is 2. The minimum atomic E-state index is -0.878. The van der Waals surface area contributed by atoms with Crippen molar-refractivity contribution in [2.75, 3.05) is 11.5 Å². The molecule has 1 saturated heterocycles. The average Bonchev–Trinajstić information content (AvgIpc) is 2.66. The molecule has 1 aliphatic heterocycles. The first-order chi connectivity index (χ1) is 13.4. The summed E-state index contributed by atoms with van der Waals surface area (Å²) in [7, 11) is 0. The van der Waals surface area contributed by atoms with Crippen LogP contribution >= 0.6 is 23.2 Å². The molecule has 2 aromatic carbocycles. The van der Waals surface area contributed by atoms with Gasteiger partial charge in [-0.25, -0.2) is 9.69 Å². The molecule has 140 valence electrons. The molecule has 0 saturated carbocycles. The maximum Gasteiger partial charge on any atom is 0.335 e. The topological polar surface area (TPSA) is 75.7 Å². The molecular weight excluding hydrogens is 403 g/mol. The van der Waals surface area contributed by atoms with Crippen molar-refractivity contribution in [1.82, 2.24) is 5.32 Å². The van der Waals surface area contributed by atoms with Gasteiger partial charge in [0.15, 0.2) is 0 Å². The standard InChI is InChI=1S/C20H12Cl2N2O4/c1-2-8-28-14-5-3-4-12(9-14)10-15-18(25)23-20(27)24(19(15)26)13-6-7-16(21)17(22)11-13/h1,3-7,9-11H,8H2,(H,23,25,27)/b15-10-. The Hall–Kier alpha value is -3.27. The Labute approximate surface area is 170 Å². The van der Waals surface area contributed by atoms with Crippen LogP contribution in [-0.2, 0) is 9.59 Å². The number of hydrogen-bond acceptors (Lipinski definition) is 4. The highest BCUT2D eigenvalue weighted by atomic mass is 35.5. The van der Waals surface area contributed by atoms with E-state index in [4.69, 9.17) is 34.4 Å². The molecule has 0 unspecified atom stereocenters. The minimum Gasteiger partial charge on any atom is -0.481 e. The van der Waals surface area contributed by atoms with Crippen LogP contribution in [0.5, 0.6) is 5.75 Å². The second-order valence-electron chi connectivity index (χ2n) is 5.62. The average molecular weight is 415 g/mol. The number of urea groups is 1. The molecule has 0 atom stereocenters. The molecule has 6 nitrogen and oxygen atoms in total. The molecule has 28 heavy (non-hydrogen) atoms. The highest BCUT2D eigenvalue weighted by molar-refractivity contribution is 6.43. The van der Waals surface area contributed by atoms with Gasteiger partial charge in [-0.15, -0.1) is 6.42 Å². The number of nitrogens with one attached hydrogen (secondary N) is 1. The van der Waals surface area contributed by atoms with Crippen LogP contribution in [0, 0.1) is 12.3 Å². The number of imide groups is 2. The molecule has 1 fully saturated rings. The van der Waals surface area contributed by atoms with Crippen molar-refractivity contribution in [1.29, 1.82) is 0 Å². The summed E-state index contributed by atoms with van der Waals surface area (Å²) in [6.45, 7) is 0.0824. The van der Waals surface area contributed by atoms with Gasteiger partial charge in [0.05, 0.1) is 15.7 Å². The molecule has 8 heteroatoms. The third kappa shape index (κ3) is 4.01. The first kappa shape index (κ1) is 19.5. The molecule has 1 aliphatic rings. The van der Waals surface area contributed by atoms with E-state index >= 15 is 0 Å². The summed E-state index contributed by atoms with van der Waals surface area (Å²) in [5.74, 6) is 1.23. The number of hydrogen-bond donors (Lipinski definition) is 1. The highest BCUT2D eigenvalue weighted by Crippen LogP contribution is 2.29. The predicted molar refractivity (Wildman–Crippen MR) is 106 cm³/mol. The van der Waals surface area contributed by atoms with Gasteiger partial charge in [0.25, 0.3) is 11.8 Å². The Morgan fingerprint density at radius 2 is 1.89 bits per heavy atom. The molecule has 0 bridgehead atoms. The molecule has 3 rings (SSSR count). The normalized spacial score (nSPS) is 15.4. The fraction of sp³-hybridized carbons (Fsp3) is 0.0500. The number of amides is 4. The van der Waals surface area contributed by atoms with Crippen LogP contribution in [0.2, 0.25) is 10.0 Å². The lowest BCUT2D eigenvalue weighted by Crippen LogP contribution is -2.54. The Morgan fingerprint density at radius 3 is 2.61 bits per heavy atom. The van der Waals surface area contributed by atoms with Crippen LogP contribution in [0.3, 0.4) is 0 Å². The first-order valence-electron chi connectivity index (χ1n) is 7.93. The molecule has 0 spiro atoms. The van der Waals surface area contributed by atoms with Crippen LogP contribution < -0.4 is 15.0 Å². The third-order valence-electron chi connectivity index (χ3n) is 3.75. The zero-order valence-electron chi connectivity index (χ0n) is 14.2. The highest BCUT2D eigenvalue weighted by Gasteiger charge is 2.37. The van der Waals surface area contributed by atoms with Crippen LogP contribution in [0.1, 0.15) is 5.56 Å². The molecule has 0 aliphatic carbocycles. The third-order valence-corrected chi connectivity index (χ3v) is 4.49. The van der Waals surface area contributed by atoms with E-state index in [0.717, 1.165) is 4.90 Å². The SMILES string of the molecule is C#CCOc1cccc(/C=C2/C(=O)NC(=O)N(c3ccc(Cl)c(Cl)c3)C2=O)c1. The van der Waals surface area contributed by atoms with Gasteiger partial charge < -0.3 is 4.74 Å². The zero-order valence-corrected chi connectivity index (χ0v) is 15.8. The first-order valence-corrected chi connectivity index (χ1v) is 8.69. The summed E-state index contributed by atoms with van der Waals surface area (Å²) in [4.78, 5) is 38.1. The largest absolute Gasteiger partial charge is 0.481 e. The fourth-order valence-corrected chi connectivity index (χ4v) is 2.79. The van der Waals surface area contributed by atoms with E-state index in [1.54, 1.807) is 24.3 Å². The van der Waals surface area contributed by atoms with Crippen LogP contribution in [0.4, 0.5) is 10.5 Å². The molecular formula is C20H12Cl2N2O4. The number of carbonyl (C=O) groups is 3. The van der Waals surface area contributed by atoms with E-state index in [9.17, 15) is 14.4 Å². The second-order valence-corrected chi connectivity index (χ2v) is 6.44. The molecule has 2 aromatic rings. The number of benzene rings is 2. The van der Waals surface area contributed by atoms with Gasteiger partial charge >= 0.3 is 6.03 Å². The number of anilines is 1. The Bertz CT molecular complexity index is 1060. The van der Waals surface area contributed by atoms with Crippen molar-refractivity contribution in [2.24, 2.45) is 0 Å². The molecule has 4 amide bonds. The maximum absolute atomic E-state index is 12.8. The number of barbiturate groups is 1. The van der Waals surface area contributed by atoms with Crippen LogP contribution in [0.25, 0.3) is 6.08 Å². The number of carbonyl (C=O) groups excluding carboxylic acids is 3. The second kappa shape index (κ2) is 8.17. The molecule has 0 radical (unpaired) electrons. The van der Waals surface area contributed by atoms with Gasteiger partial charge in [0.2, 0.25) is 0 Å². The van der Waals surface area contributed by atoms with Gasteiger partial charge in [-0.3, -0.25) is 14.9 Å². The van der Waals surface area contributed by atoms with Crippen LogP contribution in [-0.4, -0.2) is 24.5 Å². The lowest BCUT2D eigenvalue weighted by atomic mass is 10.1. The summed E-state index contributed by atoms with van der Waals surface area (Å²) >= 11 is 11.8. The van der Waals surface area contributed by atoms with E-state index in [1.807, 2.05) is 0 Å². The van der Waals surface area contributed by atoms with Crippen molar-refractivity contribution in [3.63, 3.8) is 0 Å². The monoisotopic (exact) mass is 414 g/mol. The Kier molecular flexibility index (Phi) is 5.69. The smallest absolute Gasteiger partial charge is 0.335 e. The van der Waals surface area contributed by atoms with Crippen molar-refractivity contribution >= 4 is 52.8 Å². The fourth-order valence-electron chi connectivity index (χ4n) is 2.50. The minimum absolute atomic E-state index is 0.0824. The van der Waals surface area contributed by atoms with E-state index < -0.39 is 17.8 Å². The lowest BCUT2D eigenvalue weighted by molar-refractivity contribution is -0.122. The summed E-state index contributed by atoms with van der Waals surface area (Å²) in [6, 6.07) is 10.1. The Morgan fingerprint density at radius 1 is 1.11 bits per heavy atom. The van der Waals surface area contributed by atoms with E-state index in [1.165, 1.54) is 24.3 Å². The van der Waals surface area contributed by atoms with Crippen molar-refractivity contribution in [3.8, 4) is 18.1 Å². The number of terminal acetylenes is 1. The number of ether oxygens (including phenoxy) is 1. The Balaban J connectivity index is 1.97. The summed E-state index contributed by atoms with van der Waals surface area (Å²) in [6.07, 6.45) is 6.52. The summed E-state index contributed by atoms with van der Waals surface area (Å²) < 4.78 is 5.33. The van der Waals surface area contributed by atoms with Crippen molar-refractivity contribution < 1.29 is 19.1 Å². The van der Waals surface area contributed by atoms with Gasteiger partial charge in [-0.05, 0) is 42.0 Å². The maximum atomic E-state index is 12.8. The predicted octanol–water partition coefficient (Wildman–Crippen LogP) is 3.67. The van der Waals surface area contributed by atoms with Gasteiger partial charge in [-0.1, -0.05) is 41.3 Å². The van der Waals surface area contributed by atoms with Crippen LogP contribution in [0.15, 0.2) is 48.0 Å². The van der Waals surface area contributed by atoms with Gasteiger partial charge in [-0.2, -0.15) is 0 Å². The van der Waals surface area contributed by atoms with E-state index in [2.05, 4.69) is 11.2 Å². The molecule has 1 N–H and O–H groups in total. The number of nitrogens with zero attached hydrogens (tertiary/aromatic N) is 1. The summed E-state index contributed by atoms with van der Waals surface area (Å²) in [5, 5.41) is 2.57. The number of rotatable bonds is 4. The summed E-state index contributed by atoms with van der Waals surface area (Å²) in [5.41, 5.74) is 0.484.